The number of carbonyl (C=O) groups excluding carboxylic acids is 1. The van der Waals surface area contributed by atoms with Gasteiger partial charge in [-0.2, -0.15) is 0 Å². The molecule has 1 aromatic heterocycles. The molecule has 1 aliphatic heterocycles. The number of benzene rings is 1. The van der Waals surface area contributed by atoms with E-state index in [-0.39, 0.29) is 17.8 Å². The molecule has 27 heavy (non-hydrogen) atoms. The SMILES string of the molecule is CC(C)(C)C(=O)N(Cc1csc(N2CCC(O)CC2)n1)c1ccc(F)cc1. The molecule has 1 N–H and O–H groups in total. The Morgan fingerprint density at radius 1 is 1.30 bits per heavy atom. The fourth-order valence-corrected chi connectivity index (χ4v) is 3.91. The summed E-state index contributed by atoms with van der Waals surface area (Å²) in [6.45, 7) is 7.54. The van der Waals surface area contributed by atoms with E-state index in [4.69, 9.17) is 4.98 Å². The molecule has 1 fully saturated rings. The minimum Gasteiger partial charge on any atom is -0.393 e. The summed E-state index contributed by atoms with van der Waals surface area (Å²) >= 11 is 1.55. The maximum atomic E-state index is 13.3. The van der Waals surface area contributed by atoms with Gasteiger partial charge >= 0.3 is 0 Å². The van der Waals surface area contributed by atoms with Crippen LogP contribution in [0.3, 0.4) is 0 Å². The summed E-state index contributed by atoms with van der Waals surface area (Å²) in [5.74, 6) is -0.366. The molecule has 1 amide bonds. The lowest BCUT2D eigenvalue weighted by molar-refractivity contribution is -0.125. The Morgan fingerprint density at radius 2 is 1.93 bits per heavy atom. The number of hydrogen-bond donors (Lipinski definition) is 1. The smallest absolute Gasteiger partial charge is 0.232 e. The summed E-state index contributed by atoms with van der Waals surface area (Å²) in [6.07, 6.45) is 1.28. The molecule has 0 atom stereocenters. The molecular weight excluding hydrogens is 365 g/mol. The van der Waals surface area contributed by atoms with Gasteiger partial charge in [-0.05, 0) is 37.1 Å². The molecule has 0 radical (unpaired) electrons. The molecule has 0 bridgehead atoms. The van der Waals surface area contributed by atoms with Gasteiger partial charge in [-0.15, -0.1) is 11.3 Å². The lowest BCUT2D eigenvalue weighted by atomic mass is 9.94. The lowest BCUT2D eigenvalue weighted by Gasteiger charge is -2.30. The van der Waals surface area contributed by atoms with Crippen LogP contribution in [0.25, 0.3) is 0 Å². The first-order valence-electron chi connectivity index (χ1n) is 9.19. The van der Waals surface area contributed by atoms with Crippen LogP contribution in [-0.4, -0.2) is 35.2 Å². The van der Waals surface area contributed by atoms with E-state index in [2.05, 4.69) is 4.90 Å². The third-order valence-corrected chi connectivity index (χ3v) is 5.57. The van der Waals surface area contributed by atoms with Crippen LogP contribution in [0.2, 0.25) is 0 Å². The highest BCUT2D eigenvalue weighted by atomic mass is 32.1. The van der Waals surface area contributed by atoms with Crippen molar-refractivity contribution >= 4 is 28.1 Å². The van der Waals surface area contributed by atoms with Crippen molar-refractivity contribution < 1.29 is 14.3 Å². The van der Waals surface area contributed by atoms with Gasteiger partial charge in [-0.1, -0.05) is 20.8 Å². The lowest BCUT2D eigenvalue weighted by Crippen LogP contribution is -2.39. The summed E-state index contributed by atoms with van der Waals surface area (Å²) < 4.78 is 13.3. The van der Waals surface area contributed by atoms with Gasteiger partial charge in [-0.25, -0.2) is 9.37 Å². The fourth-order valence-electron chi connectivity index (χ4n) is 3.04. The maximum absolute atomic E-state index is 13.3. The molecule has 1 saturated heterocycles. The van der Waals surface area contributed by atoms with E-state index in [1.807, 2.05) is 26.2 Å². The molecule has 0 spiro atoms. The Hall–Kier alpha value is -1.99. The zero-order valence-corrected chi connectivity index (χ0v) is 16.8. The average molecular weight is 392 g/mol. The van der Waals surface area contributed by atoms with E-state index in [0.29, 0.717) is 12.2 Å². The van der Waals surface area contributed by atoms with Gasteiger partial charge in [0.1, 0.15) is 5.82 Å². The van der Waals surface area contributed by atoms with Crippen molar-refractivity contribution in [1.82, 2.24) is 4.98 Å². The number of rotatable bonds is 4. The number of thiazole rings is 1. The number of piperidine rings is 1. The summed E-state index contributed by atoms with van der Waals surface area (Å²) in [6, 6.07) is 5.98. The number of aromatic nitrogens is 1. The van der Waals surface area contributed by atoms with Crippen LogP contribution in [0.1, 0.15) is 39.3 Å². The van der Waals surface area contributed by atoms with E-state index in [9.17, 15) is 14.3 Å². The van der Waals surface area contributed by atoms with Crippen molar-refractivity contribution in [2.24, 2.45) is 5.41 Å². The highest BCUT2D eigenvalue weighted by Crippen LogP contribution is 2.28. The van der Waals surface area contributed by atoms with Gasteiger partial charge in [0.25, 0.3) is 0 Å². The van der Waals surface area contributed by atoms with Gasteiger partial charge in [0.05, 0.1) is 18.3 Å². The van der Waals surface area contributed by atoms with E-state index in [1.165, 1.54) is 12.1 Å². The predicted molar refractivity (Wildman–Crippen MR) is 107 cm³/mol. The predicted octanol–water partition coefficient (Wildman–Crippen LogP) is 3.82. The third kappa shape index (κ3) is 4.84. The van der Waals surface area contributed by atoms with Crippen LogP contribution in [0.15, 0.2) is 29.6 Å². The number of hydrogen-bond acceptors (Lipinski definition) is 5. The minimum atomic E-state index is -0.559. The molecule has 1 aliphatic rings. The standard InChI is InChI=1S/C20H26FN3O2S/c1-20(2,3)18(26)24(16-6-4-14(21)5-7-16)12-15-13-27-19(22-15)23-10-8-17(25)9-11-23/h4-7,13,17,25H,8-12H2,1-3H3. The van der Waals surface area contributed by atoms with Crippen LogP contribution in [0, 0.1) is 11.2 Å². The first-order valence-corrected chi connectivity index (χ1v) is 10.1. The number of carbonyl (C=O) groups is 1. The van der Waals surface area contributed by atoms with E-state index in [1.54, 1.807) is 28.4 Å². The second-order valence-corrected chi connectivity index (χ2v) is 8.79. The molecule has 5 nitrogen and oxygen atoms in total. The molecule has 146 valence electrons. The number of aliphatic hydroxyl groups is 1. The van der Waals surface area contributed by atoms with Gasteiger partial charge in [0.2, 0.25) is 5.91 Å². The minimum absolute atomic E-state index is 0.0373. The molecule has 3 rings (SSSR count). The Bertz CT molecular complexity index is 777. The maximum Gasteiger partial charge on any atom is 0.232 e. The van der Waals surface area contributed by atoms with Crippen molar-refractivity contribution in [3.63, 3.8) is 0 Å². The summed E-state index contributed by atoms with van der Waals surface area (Å²) in [4.78, 5) is 21.5. The summed E-state index contributed by atoms with van der Waals surface area (Å²) in [5.41, 5.74) is 0.908. The van der Waals surface area contributed by atoms with E-state index in [0.717, 1.165) is 36.8 Å². The van der Waals surface area contributed by atoms with Crippen molar-refractivity contribution in [3.8, 4) is 0 Å². The van der Waals surface area contributed by atoms with Crippen molar-refractivity contribution in [1.29, 1.82) is 0 Å². The van der Waals surface area contributed by atoms with Crippen LogP contribution < -0.4 is 9.80 Å². The molecule has 0 unspecified atom stereocenters. The first-order chi connectivity index (χ1) is 12.7. The van der Waals surface area contributed by atoms with Crippen LogP contribution in [0.5, 0.6) is 0 Å². The molecule has 0 saturated carbocycles. The van der Waals surface area contributed by atoms with Gasteiger partial charge in [-0.3, -0.25) is 4.79 Å². The normalized spacial score (nSPS) is 15.8. The molecule has 7 heteroatoms. The summed E-state index contributed by atoms with van der Waals surface area (Å²) in [5, 5.41) is 12.5. The number of anilines is 2. The first kappa shape index (κ1) is 19.8. The number of nitrogens with zero attached hydrogens (tertiary/aromatic N) is 3. The third-order valence-electron chi connectivity index (χ3n) is 4.62. The van der Waals surface area contributed by atoms with E-state index < -0.39 is 5.41 Å². The van der Waals surface area contributed by atoms with Crippen LogP contribution in [-0.2, 0) is 11.3 Å². The quantitative estimate of drug-likeness (QED) is 0.861. The average Bonchev–Trinajstić information content (AvgIpc) is 3.08. The molecule has 2 aromatic rings. The topological polar surface area (TPSA) is 56.7 Å². The van der Waals surface area contributed by atoms with Crippen molar-refractivity contribution in [2.75, 3.05) is 22.9 Å². The van der Waals surface area contributed by atoms with Gasteiger partial charge < -0.3 is 14.9 Å². The van der Waals surface area contributed by atoms with E-state index >= 15 is 0 Å². The van der Waals surface area contributed by atoms with Crippen molar-refractivity contribution in [3.05, 3.63) is 41.2 Å². The van der Waals surface area contributed by atoms with Crippen molar-refractivity contribution in [2.45, 2.75) is 46.3 Å². The number of amides is 1. The largest absolute Gasteiger partial charge is 0.393 e. The second kappa shape index (κ2) is 7.94. The van der Waals surface area contributed by atoms with Gasteiger partial charge in [0, 0.05) is 29.6 Å². The van der Waals surface area contributed by atoms with Crippen LogP contribution in [0.4, 0.5) is 15.2 Å². The number of halogens is 1. The summed E-state index contributed by atoms with van der Waals surface area (Å²) in [7, 11) is 0. The van der Waals surface area contributed by atoms with Gasteiger partial charge in [0.15, 0.2) is 5.13 Å². The molecule has 0 aliphatic carbocycles. The number of aliphatic hydroxyl groups excluding tert-OH is 1. The second-order valence-electron chi connectivity index (χ2n) is 7.96. The highest BCUT2D eigenvalue weighted by Gasteiger charge is 2.29. The zero-order valence-electron chi connectivity index (χ0n) is 16.0. The monoisotopic (exact) mass is 391 g/mol. The fraction of sp³-hybridized carbons (Fsp3) is 0.500. The zero-order chi connectivity index (χ0) is 19.6. The highest BCUT2D eigenvalue weighted by molar-refractivity contribution is 7.13. The van der Waals surface area contributed by atoms with Crippen LogP contribution >= 0.6 is 11.3 Å². The Kier molecular flexibility index (Phi) is 5.81. The Labute approximate surface area is 163 Å². The molecule has 2 heterocycles. The molecular formula is C20H26FN3O2S. The molecule has 1 aromatic carbocycles. The Balaban J connectivity index is 1.80. The Morgan fingerprint density at radius 3 is 2.52 bits per heavy atom.